The Morgan fingerprint density at radius 1 is 0.750 bits per heavy atom. The predicted molar refractivity (Wildman–Crippen MR) is 33.9 cm³/mol. The second kappa shape index (κ2) is 27.0. The molecule has 0 nitrogen and oxygen atoms in total. The molecule has 0 spiro atoms. The van der Waals surface area contributed by atoms with Crippen molar-refractivity contribution in [1.82, 2.24) is 0 Å². The maximum atomic E-state index is 3.00. The summed E-state index contributed by atoms with van der Waals surface area (Å²) in [5.74, 6) is 0. The second-order valence-corrected chi connectivity index (χ2v) is 0. The van der Waals surface area contributed by atoms with Gasteiger partial charge < -0.3 is 0 Å². The van der Waals surface area contributed by atoms with E-state index in [1.165, 1.54) is 0 Å². The molecule has 0 heterocycles. The molecule has 0 rings (SSSR count). The summed E-state index contributed by atoms with van der Waals surface area (Å²) < 4.78 is 0. The molecule has 0 aromatic rings. The summed E-state index contributed by atoms with van der Waals surface area (Å²) in [6.45, 7) is 6.00. The summed E-state index contributed by atoms with van der Waals surface area (Å²) in [5, 5.41) is 0. The molecule has 0 saturated carbocycles. The van der Waals surface area contributed by atoms with Crippen molar-refractivity contribution in [1.29, 1.82) is 0 Å². The van der Waals surface area contributed by atoms with Crippen LogP contribution in [-0.4, -0.2) is 47.8 Å². The minimum absolute atomic E-state index is 0. The molecule has 0 aromatic carbocycles. The first-order valence-corrected chi connectivity index (χ1v) is 0.500. The van der Waals surface area contributed by atoms with Crippen LogP contribution in [0.5, 0.6) is 0 Å². The van der Waals surface area contributed by atoms with E-state index in [1.54, 1.807) is 0 Å². The van der Waals surface area contributed by atoms with Crippen LogP contribution < -0.4 is 0 Å². The monoisotopic (exact) mass is 276 g/mol. The van der Waals surface area contributed by atoms with Crippen LogP contribution in [0.25, 0.3) is 0 Å². The molecule has 0 N–H and O–H groups in total. The first kappa shape index (κ1) is 18.4. The summed E-state index contributed by atoms with van der Waals surface area (Å²) in [6, 6.07) is 0. The van der Waals surface area contributed by atoms with Crippen molar-refractivity contribution >= 4 is 47.8 Å². The Bertz CT molecular complexity index is 4.00. The Hall–Kier alpha value is 1.34. The van der Waals surface area contributed by atoms with Gasteiger partial charge in [-0.05, 0) is 0 Å². The summed E-state index contributed by atoms with van der Waals surface area (Å²) >= 11 is 0. The summed E-state index contributed by atoms with van der Waals surface area (Å²) in [5.41, 5.74) is 0. The molecule has 0 fully saturated rings. The van der Waals surface area contributed by atoms with Gasteiger partial charge in [-0.2, -0.15) is 0 Å². The average Bonchev–Trinajstić information content (AvgIpc) is 1.00. The molecule has 28 valence electrons. The third-order valence-corrected chi connectivity index (χ3v) is 0. The quantitative estimate of drug-likeness (QED) is 0.350. The molecule has 0 amide bonds. The van der Waals surface area contributed by atoms with Crippen molar-refractivity contribution in [2.24, 2.45) is 0 Å². The zero-order chi connectivity index (χ0) is 2.00. The third-order valence-electron chi connectivity index (χ3n) is 0. The van der Waals surface area contributed by atoms with E-state index >= 15 is 0 Å². The van der Waals surface area contributed by atoms with Crippen LogP contribution in [0, 0.1) is 0 Å². The van der Waals surface area contributed by atoms with E-state index in [-0.39, 0.29) is 47.8 Å². The van der Waals surface area contributed by atoms with Gasteiger partial charge in [-0.1, -0.05) is 0 Å². The molecule has 0 aromatic heterocycles. The fourth-order valence-corrected chi connectivity index (χ4v) is 0. The van der Waals surface area contributed by atoms with E-state index < -0.39 is 0 Å². The van der Waals surface area contributed by atoms with Crippen LogP contribution in [0.15, 0.2) is 13.2 Å². The molecule has 0 atom stereocenters. The third kappa shape index (κ3) is 10.2. The van der Waals surface area contributed by atoms with Gasteiger partial charge >= 0.3 is 47.8 Å². The zero-order valence-electron chi connectivity index (χ0n) is 1.41. The van der Waals surface area contributed by atoms with Gasteiger partial charge in [0.1, 0.15) is 0 Å². The van der Waals surface area contributed by atoms with Gasteiger partial charge in [-0.15, -0.1) is 13.2 Å². The Labute approximate surface area is 60.6 Å². The van der Waals surface area contributed by atoms with Gasteiger partial charge in [0, 0.05) is 0 Å². The van der Waals surface area contributed by atoms with Crippen molar-refractivity contribution in [3.05, 3.63) is 13.2 Å². The van der Waals surface area contributed by atoms with Crippen LogP contribution in [0.2, 0.25) is 0 Å². The van der Waals surface area contributed by atoms with E-state index in [4.69, 9.17) is 0 Å². The van der Waals surface area contributed by atoms with Gasteiger partial charge in [-0.3, -0.25) is 0 Å². The van der Waals surface area contributed by atoms with Crippen LogP contribution in [-0.2, 0) is 0 Å². The summed E-state index contributed by atoms with van der Waals surface area (Å²) in [7, 11) is 0. The van der Waals surface area contributed by atoms with Crippen molar-refractivity contribution in [3.63, 3.8) is 0 Å². The van der Waals surface area contributed by atoms with Crippen LogP contribution in [0.1, 0.15) is 0 Å². The Morgan fingerprint density at radius 2 is 0.750 bits per heavy atom. The van der Waals surface area contributed by atoms with Gasteiger partial charge in [0.05, 0.1) is 0 Å². The molecule has 0 aliphatic carbocycles. The van der Waals surface area contributed by atoms with E-state index in [0.29, 0.717) is 0 Å². The standard InChI is InChI=1S/C2H4.2Sn.8H/c1-2;;;;;;;;;;/h1-2H2;;;;;;;;;;. The van der Waals surface area contributed by atoms with Gasteiger partial charge in [0.25, 0.3) is 0 Å². The van der Waals surface area contributed by atoms with Crippen molar-refractivity contribution in [2.75, 3.05) is 0 Å². The average molecular weight is 274 g/mol. The molecule has 4 heavy (non-hydrogen) atoms. The Kier molecular flexibility index (Phi) is 124. The topological polar surface area (TPSA) is 0 Å². The van der Waals surface area contributed by atoms with Crippen molar-refractivity contribution in [3.8, 4) is 0 Å². The van der Waals surface area contributed by atoms with E-state index in [1.807, 2.05) is 0 Å². The molecule has 0 unspecified atom stereocenters. The van der Waals surface area contributed by atoms with Crippen LogP contribution >= 0.6 is 0 Å². The summed E-state index contributed by atoms with van der Waals surface area (Å²) in [4.78, 5) is 0. The molecule has 0 bridgehead atoms. The summed E-state index contributed by atoms with van der Waals surface area (Å²) in [6.07, 6.45) is 0. The van der Waals surface area contributed by atoms with Gasteiger partial charge in [-0.25, -0.2) is 0 Å². The molecule has 0 radical (unpaired) electrons. The Morgan fingerprint density at radius 3 is 0.750 bits per heavy atom. The van der Waals surface area contributed by atoms with Gasteiger partial charge in [0.15, 0.2) is 0 Å². The number of hydrogen-bond donors (Lipinski definition) is 0. The minimum atomic E-state index is 0. The Balaban J connectivity index is -0.00000000500. The van der Waals surface area contributed by atoms with Gasteiger partial charge in [0.2, 0.25) is 0 Å². The second-order valence-electron chi connectivity index (χ2n) is 0. The zero-order valence-corrected chi connectivity index (χ0v) is 1.41. The van der Waals surface area contributed by atoms with E-state index in [0.717, 1.165) is 0 Å². The molecular weight excluding hydrogens is 261 g/mol. The maximum absolute atomic E-state index is 3.00. The fourth-order valence-electron chi connectivity index (χ4n) is 0. The van der Waals surface area contributed by atoms with E-state index in [2.05, 4.69) is 13.2 Å². The molecule has 0 aliphatic rings. The normalized spacial score (nSPS) is 1.00. The number of hydrogen-bond acceptors (Lipinski definition) is 0. The van der Waals surface area contributed by atoms with Crippen molar-refractivity contribution < 1.29 is 0 Å². The molecule has 2 heteroatoms. The SMILES string of the molecule is C=C.[SnH4].[SnH4]. The van der Waals surface area contributed by atoms with Crippen molar-refractivity contribution in [2.45, 2.75) is 0 Å². The molecular formula is C2H12Sn2. The number of rotatable bonds is 0. The first-order chi connectivity index (χ1) is 1.00. The van der Waals surface area contributed by atoms with Crippen LogP contribution in [0.3, 0.4) is 0 Å². The van der Waals surface area contributed by atoms with E-state index in [9.17, 15) is 0 Å². The predicted octanol–water partition coefficient (Wildman–Crippen LogP) is -2.10. The molecule has 0 aliphatic heterocycles. The fraction of sp³-hybridized carbons (Fsp3) is 0. The van der Waals surface area contributed by atoms with Crippen LogP contribution in [0.4, 0.5) is 0 Å². The first-order valence-electron chi connectivity index (χ1n) is 0.500. The molecule has 0 saturated heterocycles.